The average Bonchev–Trinajstić information content (AvgIpc) is 2.47. The van der Waals surface area contributed by atoms with E-state index in [-0.39, 0.29) is 0 Å². The van der Waals surface area contributed by atoms with Gasteiger partial charge in [0.1, 0.15) is 0 Å². The number of hydrogen-bond donors (Lipinski definition) is 0. The molecule has 0 radical (unpaired) electrons. The lowest BCUT2D eigenvalue weighted by Crippen LogP contribution is -2.00. The summed E-state index contributed by atoms with van der Waals surface area (Å²) in [5, 5.41) is 0. The Hall–Kier alpha value is -1.30. The molecule has 0 saturated carbocycles. The van der Waals surface area contributed by atoms with Gasteiger partial charge in [0.15, 0.2) is 0 Å². The van der Waals surface area contributed by atoms with Crippen LogP contribution in [0.1, 0.15) is 65.9 Å². The van der Waals surface area contributed by atoms with Crippen molar-refractivity contribution in [2.24, 2.45) is 11.8 Å². The van der Waals surface area contributed by atoms with Crippen molar-refractivity contribution in [3.05, 3.63) is 54.6 Å². The summed E-state index contributed by atoms with van der Waals surface area (Å²) in [6.07, 6.45) is 4.69. The van der Waals surface area contributed by atoms with Crippen LogP contribution in [0.4, 0.5) is 0 Å². The molecule has 21 heavy (non-hydrogen) atoms. The molecule has 0 aliphatic carbocycles. The van der Waals surface area contributed by atoms with Gasteiger partial charge in [-0.05, 0) is 42.7 Å². The third-order valence-electron chi connectivity index (χ3n) is 3.75. The highest BCUT2D eigenvalue weighted by atomic mass is 14.1. The maximum Gasteiger partial charge on any atom is -0.0230 e. The molecule has 0 bridgehead atoms. The molecule has 1 rings (SSSR count). The van der Waals surface area contributed by atoms with Gasteiger partial charge in [-0.1, -0.05) is 83.0 Å². The number of benzene rings is 1. The summed E-state index contributed by atoms with van der Waals surface area (Å²) in [5.74, 6) is 1.57. The quantitative estimate of drug-likeness (QED) is 0.467. The van der Waals surface area contributed by atoms with Crippen LogP contribution in [0.5, 0.6) is 0 Å². The van der Waals surface area contributed by atoms with Gasteiger partial charge in [-0.25, -0.2) is 0 Å². The topological polar surface area (TPSA) is 0 Å². The largest absolute Gasteiger partial charge is 0.100 e. The Bertz CT molecular complexity index is 397. The minimum atomic E-state index is 0.685. The van der Waals surface area contributed by atoms with Crippen LogP contribution in [-0.4, -0.2) is 0 Å². The van der Waals surface area contributed by atoms with Crippen molar-refractivity contribution in [1.82, 2.24) is 0 Å². The minimum Gasteiger partial charge on any atom is -0.100 e. The van der Waals surface area contributed by atoms with Crippen LogP contribution in [0.2, 0.25) is 0 Å². The third kappa shape index (κ3) is 10.1. The normalized spacial score (nSPS) is 11.5. The number of hydrogen-bond acceptors (Lipinski definition) is 0. The highest BCUT2D eigenvalue weighted by Gasteiger charge is 2.09. The molecule has 0 N–H and O–H groups in total. The van der Waals surface area contributed by atoms with Crippen LogP contribution in [0.15, 0.2) is 49.1 Å². The first-order chi connectivity index (χ1) is 9.90. The van der Waals surface area contributed by atoms with E-state index in [1.165, 1.54) is 29.6 Å². The second kappa shape index (κ2) is 11.4. The van der Waals surface area contributed by atoms with E-state index < -0.39 is 0 Å². The Morgan fingerprint density at radius 3 is 1.86 bits per heavy atom. The van der Waals surface area contributed by atoms with Gasteiger partial charge >= 0.3 is 0 Å². The molecule has 0 aliphatic heterocycles. The SMILES string of the molecule is C=C(C)CC(CC)CC(=C)c1ccccc1.CCC(C)C. The maximum atomic E-state index is 4.19. The van der Waals surface area contributed by atoms with Crippen LogP contribution in [0, 0.1) is 11.8 Å². The monoisotopic (exact) mass is 286 g/mol. The summed E-state index contributed by atoms with van der Waals surface area (Å²) >= 11 is 0. The van der Waals surface area contributed by atoms with Crippen LogP contribution < -0.4 is 0 Å². The molecule has 0 saturated heterocycles. The molecule has 0 fully saturated rings. The molecule has 0 aromatic heterocycles. The van der Waals surface area contributed by atoms with Gasteiger partial charge in [-0.2, -0.15) is 0 Å². The molecule has 1 atom stereocenters. The standard InChI is InChI=1S/C16H22.C5H12/c1-5-15(11-13(2)3)12-14(4)16-9-7-6-8-10-16;1-4-5(2)3/h6-10,15H,2,4-5,11-12H2,1,3H3;5H,4H2,1-3H3. The molecule has 0 amide bonds. The van der Waals surface area contributed by atoms with Gasteiger partial charge in [-0.15, -0.1) is 6.58 Å². The van der Waals surface area contributed by atoms with Crippen molar-refractivity contribution in [3.8, 4) is 0 Å². The van der Waals surface area contributed by atoms with Gasteiger partial charge in [-0.3, -0.25) is 0 Å². The summed E-state index contributed by atoms with van der Waals surface area (Å²) in [6.45, 7) is 19.2. The first kappa shape index (κ1) is 19.7. The van der Waals surface area contributed by atoms with E-state index in [0.717, 1.165) is 18.8 Å². The van der Waals surface area contributed by atoms with E-state index in [4.69, 9.17) is 0 Å². The van der Waals surface area contributed by atoms with Crippen molar-refractivity contribution in [3.63, 3.8) is 0 Å². The van der Waals surface area contributed by atoms with Gasteiger partial charge in [0.2, 0.25) is 0 Å². The van der Waals surface area contributed by atoms with E-state index in [2.05, 4.69) is 72.0 Å². The van der Waals surface area contributed by atoms with Crippen LogP contribution in [0.3, 0.4) is 0 Å². The van der Waals surface area contributed by atoms with Crippen molar-refractivity contribution in [2.75, 3.05) is 0 Å². The second-order valence-corrected chi connectivity index (χ2v) is 6.41. The molecule has 1 unspecified atom stereocenters. The molecule has 0 nitrogen and oxygen atoms in total. The van der Waals surface area contributed by atoms with Gasteiger partial charge in [0.05, 0.1) is 0 Å². The fourth-order valence-corrected chi connectivity index (χ4v) is 1.99. The first-order valence-corrected chi connectivity index (χ1v) is 8.28. The predicted octanol–water partition coefficient (Wildman–Crippen LogP) is 7.13. The van der Waals surface area contributed by atoms with Crippen molar-refractivity contribution in [1.29, 1.82) is 0 Å². The smallest absolute Gasteiger partial charge is 0.0230 e. The zero-order valence-corrected chi connectivity index (χ0v) is 14.8. The van der Waals surface area contributed by atoms with Crippen LogP contribution in [-0.2, 0) is 0 Å². The Morgan fingerprint density at radius 1 is 0.952 bits per heavy atom. The highest BCUT2D eigenvalue weighted by molar-refractivity contribution is 5.63. The van der Waals surface area contributed by atoms with Crippen molar-refractivity contribution < 1.29 is 0 Å². The predicted molar refractivity (Wildman–Crippen MR) is 98.4 cm³/mol. The molecule has 0 aliphatic rings. The Balaban J connectivity index is 0.000000690. The molecule has 0 heteroatoms. The third-order valence-corrected chi connectivity index (χ3v) is 3.75. The summed E-state index contributed by atoms with van der Waals surface area (Å²) in [4.78, 5) is 0. The molecule has 118 valence electrons. The van der Waals surface area contributed by atoms with Gasteiger partial charge < -0.3 is 0 Å². The first-order valence-electron chi connectivity index (χ1n) is 8.28. The van der Waals surface area contributed by atoms with E-state index in [1.807, 2.05) is 6.07 Å². The molecule has 0 heterocycles. The van der Waals surface area contributed by atoms with E-state index in [9.17, 15) is 0 Å². The molecule has 0 spiro atoms. The summed E-state index contributed by atoms with van der Waals surface area (Å²) in [7, 11) is 0. The Labute approximate surface area is 133 Å². The summed E-state index contributed by atoms with van der Waals surface area (Å²) in [5.41, 5.74) is 3.78. The fraction of sp³-hybridized carbons (Fsp3) is 0.524. The maximum absolute atomic E-state index is 4.19. The Kier molecular flexibility index (Phi) is 10.7. The Morgan fingerprint density at radius 2 is 1.48 bits per heavy atom. The lowest BCUT2D eigenvalue weighted by molar-refractivity contribution is 0.519. The molecule has 1 aromatic rings. The highest BCUT2D eigenvalue weighted by Crippen LogP contribution is 2.26. The van der Waals surface area contributed by atoms with E-state index in [0.29, 0.717) is 5.92 Å². The lowest BCUT2D eigenvalue weighted by atomic mass is 9.89. The minimum absolute atomic E-state index is 0.685. The van der Waals surface area contributed by atoms with Crippen molar-refractivity contribution >= 4 is 5.57 Å². The molecule has 1 aromatic carbocycles. The van der Waals surface area contributed by atoms with Gasteiger partial charge in [0, 0.05) is 0 Å². The molecular weight excluding hydrogens is 252 g/mol. The lowest BCUT2D eigenvalue weighted by Gasteiger charge is -2.16. The second-order valence-electron chi connectivity index (χ2n) is 6.41. The van der Waals surface area contributed by atoms with E-state index in [1.54, 1.807) is 0 Å². The average molecular weight is 287 g/mol. The number of rotatable bonds is 7. The van der Waals surface area contributed by atoms with Crippen LogP contribution >= 0.6 is 0 Å². The zero-order chi connectivity index (χ0) is 16.3. The fourth-order valence-electron chi connectivity index (χ4n) is 1.99. The molecular formula is C21H34. The zero-order valence-electron chi connectivity index (χ0n) is 14.8. The van der Waals surface area contributed by atoms with Crippen LogP contribution in [0.25, 0.3) is 5.57 Å². The van der Waals surface area contributed by atoms with Crippen molar-refractivity contribution in [2.45, 2.75) is 60.3 Å². The number of allylic oxidation sites excluding steroid dienone is 2. The van der Waals surface area contributed by atoms with E-state index >= 15 is 0 Å². The summed E-state index contributed by atoms with van der Waals surface area (Å²) < 4.78 is 0. The summed E-state index contributed by atoms with van der Waals surface area (Å²) in [6, 6.07) is 10.5. The van der Waals surface area contributed by atoms with Gasteiger partial charge in [0.25, 0.3) is 0 Å².